The Hall–Kier alpha value is -0.860. The third kappa shape index (κ3) is 2.08. The lowest BCUT2D eigenvalue weighted by atomic mass is 9.77. The second-order valence-electron chi connectivity index (χ2n) is 3.95. The molecule has 0 aromatic rings. The summed E-state index contributed by atoms with van der Waals surface area (Å²) in [6.45, 7) is 6.10. The maximum Gasteiger partial charge on any atom is 0.229 e. The Morgan fingerprint density at radius 2 is 2.15 bits per heavy atom. The standard InChI is InChI=1S/C10H17NO2/c1-4-6(2)8-5-9(12)11-10(13)7(8)3/h6-8H,4-5H2,1-3H3,(H,11,12,13). The van der Waals surface area contributed by atoms with E-state index in [0.29, 0.717) is 12.3 Å². The van der Waals surface area contributed by atoms with Crippen LogP contribution in [0.15, 0.2) is 0 Å². The number of amides is 2. The number of hydrogen-bond donors (Lipinski definition) is 1. The Bertz CT molecular complexity index is 225. The van der Waals surface area contributed by atoms with Crippen LogP contribution in [0.5, 0.6) is 0 Å². The summed E-state index contributed by atoms with van der Waals surface area (Å²) in [6, 6.07) is 0. The Balaban J connectivity index is 2.71. The highest BCUT2D eigenvalue weighted by Gasteiger charge is 2.34. The number of imide groups is 1. The van der Waals surface area contributed by atoms with Crippen molar-refractivity contribution in [3.63, 3.8) is 0 Å². The molecule has 3 unspecified atom stereocenters. The molecule has 1 heterocycles. The van der Waals surface area contributed by atoms with E-state index >= 15 is 0 Å². The lowest BCUT2D eigenvalue weighted by Gasteiger charge is -2.31. The molecule has 0 bridgehead atoms. The van der Waals surface area contributed by atoms with Crippen molar-refractivity contribution in [3.05, 3.63) is 0 Å². The molecule has 2 amide bonds. The van der Waals surface area contributed by atoms with E-state index in [1.165, 1.54) is 0 Å². The highest BCUT2D eigenvalue weighted by Crippen LogP contribution is 2.29. The number of nitrogens with one attached hydrogen (secondary N) is 1. The van der Waals surface area contributed by atoms with E-state index in [9.17, 15) is 9.59 Å². The monoisotopic (exact) mass is 183 g/mol. The molecule has 3 nitrogen and oxygen atoms in total. The molecule has 0 saturated carbocycles. The molecule has 74 valence electrons. The fourth-order valence-electron chi connectivity index (χ4n) is 1.88. The van der Waals surface area contributed by atoms with Gasteiger partial charge in [-0.25, -0.2) is 0 Å². The largest absolute Gasteiger partial charge is 0.296 e. The molecule has 0 aromatic heterocycles. The minimum absolute atomic E-state index is 0.0207. The third-order valence-electron chi connectivity index (χ3n) is 3.11. The molecule has 1 aliphatic heterocycles. The molecule has 0 aliphatic carbocycles. The van der Waals surface area contributed by atoms with Gasteiger partial charge in [0.15, 0.2) is 0 Å². The van der Waals surface area contributed by atoms with Gasteiger partial charge in [-0.15, -0.1) is 0 Å². The van der Waals surface area contributed by atoms with Crippen LogP contribution in [0.2, 0.25) is 0 Å². The van der Waals surface area contributed by atoms with Crippen LogP contribution in [-0.2, 0) is 9.59 Å². The first-order valence-electron chi connectivity index (χ1n) is 4.90. The van der Waals surface area contributed by atoms with Crippen molar-refractivity contribution in [1.82, 2.24) is 5.32 Å². The number of piperidine rings is 1. The third-order valence-corrected chi connectivity index (χ3v) is 3.11. The quantitative estimate of drug-likeness (QED) is 0.656. The van der Waals surface area contributed by atoms with Crippen molar-refractivity contribution in [2.24, 2.45) is 17.8 Å². The second kappa shape index (κ2) is 3.90. The van der Waals surface area contributed by atoms with Crippen molar-refractivity contribution in [2.75, 3.05) is 0 Å². The maximum atomic E-state index is 11.3. The van der Waals surface area contributed by atoms with Crippen LogP contribution in [0.3, 0.4) is 0 Å². The summed E-state index contributed by atoms with van der Waals surface area (Å²) < 4.78 is 0. The van der Waals surface area contributed by atoms with Gasteiger partial charge in [0.05, 0.1) is 0 Å². The average Bonchev–Trinajstić information content (AvgIpc) is 2.10. The first-order chi connectivity index (χ1) is 6.06. The zero-order chi connectivity index (χ0) is 10.0. The van der Waals surface area contributed by atoms with Crippen molar-refractivity contribution in [2.45, 2.75) is 33.6 Å². The molecule has 1 rings (SSSR count). The highest BCUT2D eigenvalue weighted by molar-refractivity contribution is 5.98. The van der Waals surface area contributed by atoms with Crippen LogP contribution in [0.25, 0.3) is 0 Å². The summed E-state index contributed by atoms with van der Waals surface area (Å²) >= 11 is 0. The highest BCUT2D eigenvalue weighted by atomic mass is 16.2. The number of carbonyl (C=O) groups is 2. The van der Waals surface area contributed by atoms with Gasteiger partial charge in [-0.2, -0.15) is 0 Å². The van der Waals surface area contributed by atoms with Crippen molar-refractivity contribution < 1.29 is 9.59 Å². The van der Waals surface area contributed by atoms with Crippen LogP contribution in [-0.4, -0.2) is 11.8 Å². The molecule has 0 spiro atoms. The summed E-state index contributed by atoms with van der Waals surface area (Å²) in [6.07, 6.45) is 1.53. The summed E-state index contributed by atoms with van der Waals surface area (Å²) in [5.74, 6) is 0.429. The van der Waals surface area contributed by atoms with E-state index in [1.54, 1.807) is 0 Å². The van der Waals surface area contributed by atoms with E-state index in [-0.39, 0.29) is 23.7 Å². The number of hydrogen-bond acceptors (Lipinski definition) is 2. The van der Waals surface area contributed by atoms with Gasteiger partial charge in [0.2, 0.25) is 11.8 Å². The fraction of sp³-hybridized carbons (Fsp3) is 0.800. The van der Waals surface area contributed by atoms with Crippen LogP contribution in [0.4, 0.5) is 0 Å². The molecular weight excluding hydrogens is 166 g/mol. The van der Waals surface area contributed by atoms with Crippen molar-refractivity contribution in [1.29, 1.82) is 0 Å². The molecule has 3 heteroatoms. The summed E-state index contributed by atoms with van der Waals surface area (Å²) in [5, 5.41) is 2.36. The maximum absolute atomic E-state index is 11.3. The summed E-state index contributed by atoms with van der Waals surface area (Å²) in [4.78, 5) is 22.4. The van der Waals surface area contributed by atoms with Gasteiger partial charge in [0, 0.05) is 12.3 Å². The predicted octanol–water partition coefficient (Wildman–Crippen LogP) is 1.33. The Kier molecular flexibility index (Phi) is 3.07. The molecule has 1 N–H and O–H groups in total. The van der Waals surface area contributed by atoms with Crippen molar-refractivity contribution >= 4 is 11.8 Å². The first-order valence-corrected chi connectivity index (χ1v) is 4.90. The minimum Gasteiger partial charge on any atom is -0.296 e. The molecule has 1 fully saturated rings. The molecule has 1 aliphatic rings. The van der Waals surface area contributed by atoms with Crippen LogP contribution >= 0.6 is 0 Å². The number of carbonyl (C=O) groups excluding carboxylic acids is 2. The molecule has 13 heavy (non-hydrogen) atoms. The SMILES string of the molecule is CCC(C)C1CC(=O)NC(=O)C1C. The van der Waals surface area contributed by atoms with Gasteiger partial charge in [0.1, 0.15) is 0 Å². The lowest BCUT2D eigenvalue weighted by molar-refractivity contribution is -0.139. The molecule has 0 aromatic carbocycles. The van der Waals surface area contributed by atoms with Gasteiger partial charge < -0.3 is 0 Å². The molecule has 1 saturated heterocycles. The van der Waals surface area contributed by atoms with Gasteiger partial charge >= 0.3 is 0 Å². The molecular formula is C10H17NO2. The van der Waals surface area contributed by atoms with Gasteiger partial charge in [-0.05, 0) is 11.8 Å². The fourth-order valence-corrected chi connectivity index (χ4v) is 1.88. The second-order valence-corrected chi connectivity index (χ2v) is 3.95. The summed E-state index contributed by atoms with van der Waals surface area (Å²) in [5.41, 5.74) is 0. The van der Waals surface area contributed by atoms with E-state index < -0.39 is 0 Å². The normalized spacial score (nSPS) is 31.3. The van der Waals surface area contributed by atoms with Crippen LogP contribution in [0, 0.1) is 17.8 Å². The van der Waals surface area contributed by atoms with E-state index in [4.69, 9.17) is 0 Å². The number of rotatable bonds is 2. The van der Waals surface area contributed by atoms with Crippen molar-refractivity contribution in [3.8, 4) is 0 Å². The van der Waals surface area contributed by atoms with E-state index in [0.717, 1.165) is 6.42 Å². The summed E-state index contributed by atoms with van der Waals surface area (Å²) in [7, 11) is 0. The Morgan fingerprint density at radius 3 is 2.69 bits per heavy atom. The van der Waals surface area contributed by atoms with Gasteiger partial charge in [-0.3, -0.25) is 14.9 Å². The Labute approximate surface area is 78.9 Å². The zero-order valence-electron chi connectivity index (χ0n) is 8.46. The smallest absolute Gasteiger partial charge is 0.229 e. The minimum atomic E-state index is -0.117. The molecule has 3 atom stereocenters. The lowest BCUT2D eigenvalue weighted by Crippen LogP contribution is -2.46. The van der Waals surface area contributed by atoms with E-state index in [2.05, 4.69) is 19.2 Å². The first kappa shape index (κ1) is 10.2. The van der Waals surface area contributed by atoms with Gasteiger partial charge in [0.25, 0.3) is 0 Å². The zero-order valence-corrected chi connectivity index (χ0v) is 8.46. The van der Waals surface area contributed by atoms with Crippen LogP contribution in [0.1, 0.15) is 33.6 Å². The van der Waals surface area contributed by atoms with E-state index in [1.807, 2.05) is 6.92 Å². The van der Waals surface area contributed by atoms with Gasteiger partial charge in [-0.1, -0.05) is 27.2 Å². The average molecular weight is 183 g/mol. The topological polar surface area (TPSA) is 46.2 Å². The Morgan fingerprint density at radius 1 is 1.54 bits per heavy atom. The molecule has 0 radical (unpaired) electrons. The van der Waals surface area contributed by atoms with Crippen LogP contribution < -0.4 is 5.32 Å². The predicted molar refractivity (Wildman–Crippen MR) is 49.9 cm³/mol.